The highest BCUT2D eigenvalue weighted by Crippen LogP contribution is 2.31. The van der Waals surface area contributed by atoms with Crippen LogP contribution in [0, 0.1) is 0 Å². The smallest absolute Gasteiger partial charge is 0.416 e. The van der Waals surface area contributed by atoms with Crippen LogP contribution < -0.4 is 20.7 Å². The maximum atomic E-state index is 13.3. The summed E-state index contributed by atoms with van der Waals surface area (Å²) in [6.45, 7) is 0. The molecule has 7 nitrogen and oxygen atoms in total. The fourth-order valence-corrected chi connectivity index (χ4v) is 4.53. The quantitative estimate of drug-likeness (QED) is 0.136. The number of thioether (sulfide) groups is 1. The molecule has 11 heteroatoms. The first-order chi connectivity index (χ1) is 20.6. The highest BCUT2D eigenvalue weighted by molar-refractivity contribution is 8.00. The van der Waals surface area contributed by atoms with Crippen molar-refractivity contribution in [3.8, 4) is 5.75 Å². The first kappa shape index (κ1) is 30.9. The number of carbonyl (C=O) groups is 3. The van der Waals surface area contributed by atoms with Crippen molar-refractivity contribution in [2.75, 3.05) is 23.5 Å². The van der Waals surface area contributed by atoms with Crippen LogP contribution in [-0.2, 0) is 15.8 Å². The minimum atomic E-state index is -4.51. The summed E-state index contributed by atoms with van der Waals surface area (Å²) in [5.74, 6) is -1.04. The van der Waals surface area contributed by atoms with Crippen molar-refractivity contribution in [3.63, 3.8) is 0 Å². The van der Waals surface area contributed by atoms with Crippen LogP contribution in [0.1, 0.15) is 21.5 Å². The Balaban J connectivity index is 1.41. The molecule has 220 valence electrons. The molecule has 0 spiro atoms. The summed E-state index contributed by atoms with van der Waals surface area (Å²) in [4.78, 5) is 39.1. The van der Waals surface area contributed by atoms with Crippen molar-refractivity contribution in [1.29, 1.82) is 0 Å². The SMILES string of the molecule is COc1ccccc1/C=C(\NC(=O)c1ccccc1)C(=O)Nc1ccc(SCC(=O)Nc2cccc(C(F)(F)F)c2)cc1. The molecule has 4 aromatic carbocycles. The molecule has 0 atom stereocenters. The Bertz CT molecular complexity index is 1630. The van der Waals surface area contributed by atoms with Gasteiger partial charge in [0.2, 0.25) is 5.91 Å². The number of carbonyl (C=O) groups excluding carboxylic acids is 3. The van der Waals surface area contributed by atoms with Gasteiger partial charge in [-0.3, -0.25) is 14.4 Å². The molecular weight excluding hydrogens is 579 g/mol. The molecule has 4 rings (SSSR count). The lowest BCUT2D eigenvalue weighted by atomic mass is 10.1. The number of halogens is 3. The summed E-state index contributed by atoms with van der Waals surface area (Å²) in [6.07, 6.45) is -2.99. The van der Waals surface area contributed by atoms with Crippen molar-refractivity contribution in [2.45, 2.75) is 11.1 Å². The molecule has 0 aliphatic heterocycles. The van der Waals surface area contributed by atoms with E-state index in [1.165, 1.54) is 37.1 Å². The Labute approximate surface area is 250 Å². The van der Waals surface area contributed by atoms with Gasteiger partial charge in [-0.15, -0.1) is 11.8 Å². The van der Waals surface area contributed by atoms with E-state index in [9.17, 15) is 27.6 Å². The van der Waals surface area contributed by atoms with Crippen molar-refractivity contribution in [2.24, 2.45) is 0 Å². The fourth-order valence-electron chi connectivity index (χ4n) is 3.84. The van der Waals surface area contributed by atoms with E-state index >= 15 is 0 Å². The Morgan fingerprint density at radius 3 is 2.21 bits per heavy atom. The minimum absolute atomic E-state index is 0.0110. The van der Waals surface area contributed by atoms with E-state index in [1.807, 2.05) is 0 Å². The van der Waals surface area contributed by atoms with Crippen LogP contribution in [0.2, 0.25) is 0 Å². The zero-order chi connectivity index (χ0) is 30.8. The molecule has 4 aromatic rings. The molecule has 0 heterocycles. The van der Waals surface area contributed by atoms with Crippen LogP contribution in [0.15, 0.2) is 114 Å². The summed E-state index contributed by atoms with van der Waals surface area (Å²) in [6, 6.07) is 26.5. The molecule has 0 fully saturated rings. The van der Waals surface area contributed by atoms with E-state index in [-0.39, 0.29) is 17.1 Å². The topological polar surface area (TPSA) is 96.5 Å². The van der Waals surface area contributed by atoms with Crippen molar-refractivity contribution in [3.05, 3.63) is 126 Å². The van der Waals surface area contributed by atoms with E-state index in [4.69, 9.17) is 4.74 Å². The maximum absolute atomic E-state index is 13.3. The molecular formula is C32H26F3N3O4S. The second-order valence-electron chi connectivity index (χ2n) is 9.01. The van der Waals surface area contributed by atoms with Crippen LogP contribution in [0.5, 0.6) is 5.75 Å². The van der Waals surface area contributed by atoms with Gasteiger partial charge in [0.25, 0.3) is 11.8 Å². The molecule has 0 aliphatic rings. The van der Waals surface area contributed by atoms with Crippen LogP contribution in [-0.4, -0.2) is 30.6 Å². The second kappa shape index (κ2) is 14.2. The monoisotopic (exact) mass is 605 g/mol. The van der Waals surface area contributed by atoms with Crippen molar-refractivity contribution in [1.82, 2.24) is 5.32 Å². The molecule has 0 aromatic heterocycles. The Morgan fingerprint density at radius 2 is 1.51 bits per heavy atom. The van der Waals surface area contributed by atoms with Crippen LogP contribution in [0.25, 0.3) is 6.08 Å². The highest BCUT2D eigenvalue weighted by atomic mass is 32.2. The van der Waals surface area contributed by atoms with Crippen molar-refractivity contribution < 1.29 is 32.3 Å². The van der Waals surface area contributed by atoms with Gasteiger partial charge in [-0.1, -0.05) is 42.5 Å². The summed E-state index contributed by atoms with van der Waals surface area (Å²) in [7, 11) is 1.50. The number of para-hydroxylation sites is 1. The number of rotatable bonds is 10. The molecule has 0 saturated heterocycles. The number of hydrogen-bond donors (Lipinski definition) is 3. The molecule has 3 N–H and O–H groups in total. The minimum Gasteiger partial charge on any atom is -0.496 e. The number of amides is 3. The first-order valence-corrected chi connectivity index (χ1v) is 13.8. The number of alkyl halides is 3. The summed E-state index contributed by atoms with van der Waals surface area (Å²) >= 11 is 1.17. The van der Waals surface area contributed by atoms with Crippen LogP contribution in [0.3, 0.4) is 0 Å². The largest absolute Gasteiger partial charge is 0.496 e. The van der Waals surface area contributed by atoms with Gasteiger partial charge in [-0.05, 0) is 66.7 Å². The standard InChI is InChI=1S/C32H26F3N3O4S/c1-42-28-13-6-5-10-22(28)18-27(38-30(40)21-8-3-2-4-9-21)31(41)37-24-14-16-26(17-15-24)43-20-29(39)36-25-12-7-11-23(19-25)32(33,34)35/h2-19H,20H2,1H3,(H,36,39)(H,37,41)(H,38,40)/b27-18-. The van der Waals surface area contributed by atoms with Crippen LogP contribution in [0.4, 0.5) is 24.5 Å². The van der Waals surface area contributed by atoms with E-state index < -0.39 is 29.5 Å². The Hall–Kier alpha value is -5.03. The molecule has 0 bridgehead atoms. The second-order valence-corrected chi connectivity index (χ2v) is 10.1. The van der Waals surface area contributed by atoms with Crippen LogP contribution >= 0.6 is 11.8 Å². The van der Waals surface area contributed by atoms with Gasteiger partial charge in [0.1, 0.15) is 11.4 Å². The van der Waals surface area contributed by atoms with Crippen molar-refractivity contribution >= 4 is 46.9 Å². The Kier molecular flexibility index (Phi) is 10.2. The lowest BCUT2D eigenvalue weighted by molar-refractivity contribution is -0.137. The summed E-state index contributed by atoms with van der Waals surface area (Å²) in [5, 5.41) is 7.89. The first-order valence-electron chi connectivity index (χ1n) is 12.8. The zero-order valence-electron chi connectivity index (χ0n) is 22.8. The molecule has 43 heavy (non-hydrogen) atoms. The number of methoxy groups -OCH3 is 1. The average molecular weight is 606 g/mol. The fraction of sp³-hybridized carbons (Fsp3) is 0.0938. The third-order valence-electron chi connectivity index (χ3n) is 5.92. The number of hydrogen-bond acceptors (Lipinski definition) is 5. The number of benzene rings is 4. The summed E-state index contributed by atoms with van der Waals surface area (Å²) < 4.78 is 44.1. The van der Waals surface area contributed by atoms with Gasteiger partial charge < -0.3 is 20.7 Å². The number of ether oxygens (including phenoxy) is 1. The van der Waals surface area contributed by atoms with Gasteiger partial charge in [0.05, 0.1) is 18.4 Å². The predicted octanol–water partition coefficient (Wildman–Crippen LogP) is 6.85. The Morgan fingerprint density at radius 1 is 0.814 bits per heavy atom. The van der Waals surface area contributed by atoms with E-state index in [0.29, 0.717) is 27.5 Å². The van der Waals surface area contributed by atoms with Gasteiger partial charge in [0, 0.05) is 27.4 Å². The number of anilines is 2. The van der Waals surface area contributed by atoms with Gasteiger partial charge >= 0.3 is 6.18 Å². The molecule has 0 radical (unpaired) electrons. The molecule has 3 amide bonds. The molecule has 0 saturated carbocycles. The lowest BCUT2D eigenvalue weighted by Gasteiger charge is -2.13. The summed E-state index contributed by atoms with van der Waals surface area (Å²) in [5.41, 5.74) is 0.579. The highest BCUT2D eigenvalue weighted by Gasteiger charge is 2.30. The number of nitrogens with one attached hydrogen (secondary N) is 3. The maximum Gasteiger partial charge on any atom is 0.416 e. The normalized spacial score (nSPS) is 11.4. The van der Waals surface area contributed by atoms with E-state index in [2.05, 4.69) is 16.0 Å². The zero-order valence-corrected chi connectivity index (χ0v) is 23.6. The predicted molar refractivity (Wildman–Crippen MR) is 161 cm³/mol. The van der Waals surface area contributed by atoms with E-state index in [0.717, 1.165) is 12.1 Å². The molecule has 0 unspecified atom stereocenters. The van der Waals surface area contributed by atoms with E-state index in [1.54, 1.807) is 78.9 Å². The third kappa shape index (κ3) is 8.98. The van der Waals surface area contributed by atoms with Gasteiger partial charge in [0.15, 0.2) is 0 Å². The lowest BCUT2D eigenvalue weighted by Crippen LogP contribution is -2.30. The molecule has 0 aliphatic carbocycles. The average Bonchev–Trinajstić information content (AvgIpc) is 3.00. The van der Waals surface area contributed by atoms with Gasteiger partial charge in [-0.2, -0.15) is 13.2 Å². The third-order valence-corrected chi connectivity index (χ3v) is 6.94. The van der Waals surface area contributed by atoms with Gasteiger partial charge in [-0.25, -0.2) is 0 Å².